The summed E-state index contributed by atoms with van der Waals surface area (Å²) in [5.74, 6) is -0.344. The first-order valence-electron chi connectivity index (χ1n) is 6.23. The molecular weight excluding hydrogens is 254 g/mol. The fourth-order valence-corrected chi connectivity index (χ4v) is 2.16. The summed E-state index contributed by atoms with van der Waals surface area (Å²) in [6.45, 7) is 7.30. The van der Waals surface area contributed by atoms with Crippen molar-refractivity contribution in [3.8, 4) is 0 Å². The molecule has 0 saturated carbocycles. The van der Waals surface area contributed by atoms with E-state index in [2.05, 4.69) is 24.1 Å². The average molecular weight is 279 g/mol. The second-order valence-corrected chi connectivity index (χ2v) is 6.60. The molecule has 0 bridgehead atoms. The minimum Gasteiger partial charge on any atom is -0.353 e. The average Bonchev–Trinajstić information content (AvgIpc) is 2.30. The highest BCUT2D eigenvalue weighted by molar-refractivity contribution is 7.90. The van der Waals surface area contributed by atoms with Gasteiger partial charge in [0.25, 0.3) is 0 Å². The molecule has 6 nitrogen and oxygen atoms in total. The summed E-state index contributed by atoms with van der Waals surface area (Å²) in [4.78, 5) is 13.8. The molecule has 1 atom stereocenters. The van der Waals surface area contributed by atoms with Crippen LogP contribution in [0.15, 0.2) is 0 Å². The van der Waals surface area contributed by atoms with Crippen molar-refractivity contribution in [2.45, 2.75) is 26.3 Å². The number of hydrogen-bond acceptors (Lipinski definition) is 5. The molecule has 0 spiro atoms. The maximum atomic E-state index is 11.6. The van der Waals surface area contributed by atoms with E-state index in [1.807, 2.05) is 0 Å². The number of likely N-dealkylation sites (N-methyl/N-ethyl adjacent to an activating group) is 1. The molecule has 3 N–H and O–H groups in total. The zero-order chi connectivity index (χ0) is 14.2. The molecule has 108 valence electrons. The van der Waals surface area contributed by atoms with Crippen molar-refractivity contribution in [2.75, 3.05) is 38.2 Å². The van der Waals surface area contributed by atoms with Gasteiger partial charge in [-0.15, -0.1) is 0 Å². The van der Waals surface area contributed by atoms with Crippen molar-refractivity contribution in [3.05, 3.63) is 0 Å². The lowest BCUT2D eigenvalue weighted by Gasteiger charge is -2.19. The van der Waals surface area contributed by atoms with Gasteiger partial charge in [-0.1, -0.05) is 13.8 Å². The number of nitrogens with zero attached hydrogens (tertiary/aromatic N) is 1. The molecule has 0 aliphatic heterocycles. The Morgan fingerprint density at radius 3 is 2.33 bits per heavy atom. The van der Waals surface area contributed by atoms with Gasteiger partial charge in [-0.3, -0.25) is 4.79 Å². The molecular formula is C11H25N3O3S. The third-order valence-corrected chi connectivity index (χ3v) is 3.74. The summed E-state index contributed by atoms with van der Waals surface area (Å²) >= 11 is 0. The Labute approximate surface area is 110 Å². The Bertz CT molecular complexity index is 339. The SMILES string of the molecule is CCN(CC)CCNC(=O)C(N)CCS(C)(=O)=O. The number of nitrogens with one attached hydrogen (secondary N) is 1. The Kier molecular flexibility index (Phi) is 8.13. The number of nitrogens with two attached hydrogens (primary N) is 1. The fourth-order valence-electron chi connectivity index (χ4n) is 1.48. The number of rotatable bonds is 9. The standard InChI is InChI=1S/C11H25N3O3S/c1-4-14(5-2)8-7-13-11(15)10(12)6-9-18(3,16)17/h10H,4-9,12H2,1-3H3,(H,13,15). The van der Waals surface area contributed by atoms with Gasteiger partial charge in [-0.05, 0) is 19.5 Å². The molecule has 0 aromatic heterocycles. The van der Waals surface area contributed by atoms with Crippen molar-refractivity contribution in [2.24, 2.45) is 5.73 Å². The summed E-state index contributed by atoms with van der Waals surface area (Å²) in [5, 5.41) is 2.72. The lowest BCUT2D eigenvalue weighted by Crippen LogP contribution is -2.44. The molecule has 0 aromatic rings. The molecule has 0 rings (SSSR count). The van der Waals surface area contributed by atoms with E-state index in [-0.39, 0.29) is 18.1 Å². The maximum absolute atomic E-state index is 11.6. The maximum Gasteiger partial charge on any atom is 0.236 e. The van der Waals surface area contributed by atoms with Gasteiger partial charge in [0.15, 0.2) is 0 Å². The van der Waals surface area contributed by atoms with E-state index >= 15 is 0 Å². The molecule has 0 saturated heterocycles. The Morgan fingerprint density at radius 1 is 1.33 bits per heavy atom. The normalized spacial score (nSPS) is 13.6. The van der Waals surface area contributed by atoms with E-state index in [0.29, 0.717) is 6.54 Å². The van der Waals surface area contributed by atoms with Crippen LogP contribution in [0.5, 0.6) is 0 Å². The second-order valence-electron chi connectivity index (χ2n) is 4.34. The van der Waals surface area contributed by atoms with Gasteiger partial charge in [0.2, 0.25) is 5.91 Å². The minimum absolute atomic E-state index is 0.0579. The number of hydrogen-bond donors (Lipinski definition) is 2. The van der Waals surface area contributed by atoms with E-state index < -0.39 is 15.9 Å². The monoisotopic (exact) mass is 279 g/mol. The van der Waals surface area contributed by atoms with Crippen LogP contribution in [0.1, 0.15) is 20.3 Å². The smallest absolute Gasteiger partial charge is 0.236 e. The van der Waals surface area contributed by atoms with E-state index in [1.165, 1.54) is 0 Å². The van der Waals surface area contributed by atoms with E-state index in [9.17, 15) is 13.2 Å². The van der Waals surface area contributed by atoms with Crippen LogP contribution in [0.2, 0.25) is 0 Å². The highest BCUT2D eigenvalue weighted by Crippen LogP contribution is 1.94. The largest absolute Gasteiger partial charge is 0.353 e. The predicted octanol–water partition coefficient (Wildman–Crippen LogP) is -0.794. The molecule has 1 amide bonds. The zero-order valence-corrected chi connectivity index (χ0v) is 12.3. The second kappa shape index (κ2) is 8.44. The lowest BCUT2D eigenvalue weighted by atomic mass is 10.2. The van der Waals surface area contributed by atoms with Crippen LogP contribution in [-0.4, -0.2) is 63.5 Å². The summed E-state index contributed by atoms with van der Waals surface area (Å²) in [5.41, 5.74) is 5.62. The Balaban J connectivity index is 3.88. The predicted molar refractivity (Wildman–Crippen MR) is 73.1 cm³/mol. The highest BCUT2D eigenvalue weighted by atomic mass is 32.2. The van der Waals surface area contributed by atoms with Crippen molar-refractivity contribution < 1.29 is 13.2 Å². The van der Waals surface area contributed by atoms with Gasteiger partial charge in [-0.25, -0.2) is 8.42 Å². The highest BCUT2D eigenvalue weighted by Gasteiger charge is 2.15. The van der Waals surface area contributed by atoms with Crippen LogP contribution in [0.25, 0.3) is 0 Å². The van der Waals surface area contributed by atoms with Crippen molar-refractivity contribution in [1.29, 1.82) is 0 Å². The van der Waals surface area contributed by atoms with Crippen LogP contribution >= 0.6 is 0 Å². The lowest BCUT2D eigenvalue weighted by molar-refractivity contribution is -0.122. The molecule has 0 heterocycles. The van der Waals surface area contributed by atoms with Gasteiger partial charge >= 0.3 is 0 Å². The molecule has 7 heteroatoms. The summed E-state index contributed by atoms with van der Waals surface area (Å²) in [7, 11) is -3.06. The number of carbonyl (C=O) groups is 1. The van der Waals surface area contributed by atoms with E-state index in [1.54, 1.807) is 0 Å². The molecule has 1 unspecified atom stereocenters. The molecule has 0 aliphatic rings. The first kappa shape index (κ1) is 17.3. The van der Waals surface area contributed by atoms with Gasteiger partial charge < -0.3 is 16.0 Å². The van der Waals surface area contributed by atoms with Crippen LogP contribution in [0.3, 0.4) is 0 Å². The summed E-state index contributed by atoms with van der Waals surface area (Å²) in [6.07, 6.45) is 1.30. The van der Waals surface area contributed by atoms with Crippen LogP contribution in [0, 0.1) is 0 Å². The Hall–Kier alpha value is -0.660. The van der Waals surface area contributed by atoms with Crippen LogP contribution < -0.4 is 11.1 Å². The third-order valence-electron chi connectivity index (χ3n) is 2.76. The quantitative estimate of drug-likeness (QED) is 0.577. The molecule has 0 radical (unpaired) electrons. The van der Waals surface area contributed by atoms with Crippen molar-refractivity contribution >= 4 is 15.7 Å². The minimum atomic E-state index is -3.06. The first-order chi connectivity index (χ1) is 8.30. The number of amides is 1. The molecule has 0 fully saturated rings. The Morgan fingerprint density at radius 2 is 1.89 bits per heavy atom. The topological polar surface area (TPSA) is 92.5 Å². The first-order valence-corrected chi connectivity index (χ1v) is 8.29. The summed E-state index contributed by atoms with van der Waals surface area (Å²) in [6, 6.07) is -0.753. The summed E-state index contributed by atoms with van der Waals surface area (Å²) < 4.78 is 21.9. The molecule has 0 aliphatic carbocycles. The molecule has 18 heavy (non-hydrogen) atoms. The number of sulfone groups is 1. The fraction of sp³-hybridized carbons (Fsp3) is 0.909. The molecule has 0 aromatic carbocycles. The van der Waals surface area contributed by atoms with Gasteiger partial charge in [0, 0.05) is 19.3 Å². The van der Waals surface area contributed by atoms with E-state index in [0.717, 1.165) is 25.9 Å². The van der Waals surface area contributed by atoms with Gasteiger partial charge in [0.05, 0.1) is 11.8 Å². The zero-order valence-electron chi connectivity index (χ0n) is 11.5. The van der Waals surface area contributed by atoms with Crippen molar-refractivity contribution in [1.82, 2.24) is 10.2 Å². The van der Waals surface area contributed by atoms with E-state index in [4.69, 9.17) is 5.73 Å². The number of carbonyl (C=O) groups excluding carboxylic acids is 1. The van der Waals surface area contributed by atoms with Gasteiger partial charge in [-0.2, -0.15) is 0 Å². The van der Waals surface area contributed by atoms with Gasteiger partial charge in [0.1, 0.15) is 9.84 Å². The third kappa shape index (κ3) is 8.43. The van der Waals surface area contributed by atoms with Crippen LogP contribution in [0.4, 0.5) is 0 Å². The van der Waals surface area contributed by atoms with Crippen molar-refractivity contribution in [3.63, 3.8) is 0 Å². The van der Waals surface area contributed by atoms with Crippen LogP contribution in [-0.2, 0) is 14.6 Å².